The molecular weight excluding hydrogens is 568 g/mol. The molecule has 5 rings (SSSR count). The van der Waals surface area contributed by atoms with Gasteiger partial charge in [-0.05, 0) is 42.8 Å². The molecule has 0 unspecified atom stereocenters. The normalized spacial score (nSPS) is 11.4. The third-order valence-electron chi connectivity index (χ3n) is 7.01. The summed E-state index contributed by atoms with van der Waals surface area (Å²) in [5.41, 5.74) is 8.15. The summed E-state index contributed by atoms with van der Waals surface area (Å²) in [6.07, 6.45) is 4.75. The van der Waals surface area contributed by atoms with E-state index in [4.69, 9.17) is 15.9 Å². The smallest absolute Gasteiger partial charge is 0.326 e. The van der Waals surface area contributed by atoms with E-state index in [0.717, 1.165) is 9.87 Å². The van der Waals surface area contributed by atoms with Crippen molar-refractivity contribution in [1.82, 2.24) is 14.9 Å². The number of nitrogens with two attached hydrogens (primary N) is 1. The number of fused-ring (bicyclic) bond motifs is 2. The molecule has 0 saturated heterocycles. The van der Waals surface area contributed by atoms with Gasteiger partial charge >= 0.3 is 5.97 Å². The van der Waals surface area contributed by atoms with Gasteiger partial charge in [-0.3, -0.25) is 24.3 Å². The topological polar surface area (TPSA) is 160 Å². The van der Waals surface area contributed by atoms with Crippen molar-refractivity contribution in [2.24, 2.45) is 12.8 Å². The zero-order valence-electron chi connectivity index (χ0n) is 23.6. The first-order valence-corrected chi connectivity index (χ1v) is 14.9. The fraction of sp³-hybridized carbons (Fsp3) is 0.161. The number of aromatic nitrogens is 2. The Kier molecular flexibility index (Phi) is 8.13. The maximum Gasteiger partial charge on any atom is 0.326 e. The molecule has 0 aliphatic heterocycles. The Labute approximate surface area is 248 Å². The molecule has 43 heavy (non-hydrogen) atoms. The molecule has 12 heteroatoms. The highest BCUT2D eigenvalue weighted by Crippen LogP contribution is 2.32. The number of esters is 1. The minimum atomic E-state index is -4.27. The zero-order valence-corrected chi connectivity index (χ0v) is 24.4. The van der Waals surface area contributed by atoms with Crippen molar-refractivity contribution in [3.8, 4) is 0 Å². The molecule has 1 amide bonds. The lowest BCUT2D eigenvalue weighted by Crippen LogP contribution is -2.36. The van der Waals surface area contributed by atoms with Gasteiger partial charge in [-0.2, -0.15) is 0 Å². The predicted octanol–water partition coefficient (Wildman–Crippen LogP) is 3.70. The van der Waals surface area contributed by atoms with Gasteiger partial charge < -0.3 is 20.4 Å². The second kappa shape index (κ2) is 11.9. The molecule has 0 atom stereocenters. The van der Waals surface area contributed by atoms with Crippen LogP contribution in [0.3, 0.4) is 0 Å². The minimum absolute atomic E-state index is 0.0126. The van der Waals surface area contributed by atoms with E-state index < -0.39 is 22.5 Å². The number of rotatable bonds is 10. The number of anilines is 1. The molecule has 0 spiro atoms. The Morgan fingerprint density at radius 2 is 1.84 bits per heavy atom. The lowest BCUT2D eigenvalue weighted by Gasteiger charge is -2.24. The van der Waals surface area contributed by atoms with E-state index in [9.17, 15) is 18.0 Å². The average Bonchev–Trinajstić information content (AvgIpc) is 3.34. The van der Waals surface area contributed by atoms with Crippen LogP contribution in [0.2, 0.25) is 0 Å². The van der Waals surface area contributed by atoms with Crippen molar-refractivity contribution in [1.29, 1.82) is 5.41 Å². The Morgan fingerprint density at radius 1 is 1.07 bits per heavy atom. The number of sulfonamides is 1. The summed E-state index contributed by atoms with van der Waals surface area (Å²) in [5, 5.41) is 12.0. The molecule has 220 valence electrons. The number of amides is 1. The van der Waals surface area contributed by atoms with Crippen LogP contribution >= 0.6 is 0 Å². The van der Waals surface area contributed by atoms with Gasteiger partial charge in [0.05, 0.1) is 22.8 Å². The summed E-state index contributed by atoms with van der Waals surface area (Å²) in [4.78, 5) is 30.1. The number of carbonyl (C=O) groups excluding carboxylic acids is 2. The van der Waals surface area contributed by atoms with Crippen LogP contribution < -0.4 is 15.4 Å². The van der Waals surface area contributed by atoms with E-state index in [0.29, 0.717) is 32.8 Å². The molecule has 5 aromatic rings. The Hall–Kier alpha value is -5.23. The highest BCUT2D eigenvalue weighted by molar-refractivity contribution is 7.93. The first kappa shape index (κ1) is 29.3. The number of carbonyl (C=O) groups is 2. The molecule has 0 saturated carbocycles. The molecule has 0 bridgehead atoms. The van der Waals surface area contributed by atoms with E-state index in [1.165, 1.54) is 12.3 Å². The van der Waals surface area contributed by atoms with Gasteiger partial charge in [0.2, 0.25) is 0 Å². The lowest BCUT2D eigenvalue weighted by molar-refractivity contribution is -0.141. The van der Waals surface area contributed by atoms with Crippen LogP contribution in [0.15, 0.2) is 90.2 Å². The number of nitrogens with one attached hydrogen (secondary N) is 2. The molecular formula is C31H30N6O5S. The van der Waals surface area contributed by atoms with Gasteiger partial charge in [0.25, 0.3) is 15.9 Å². The SMILES string of the molecule is CCOC(=O)CN(c1ccc2c(c1)c(C(=O)NCc1ccc(C(=N)N)cc1)cn2C)S(=O)(=O)c1cccc2cnccc12. The fourth-order valence-electron chi connectivity index (χ4n) is 4.87. The van der Waals surface area contributed by atoms with Crippen LogP contribution in [0.5, 0.6) is 0 Å². The molecule has 11 nitrogen and oxygen atoms in total. The van der Waals surface area contributed by atoms with E-state index in [1.54, 1.807) is 91.6 Å². The predicted molar refractivity (Wildman–Crippen MR) is 164 cm³/mol. The number of hydrogen-bond acceptors (Lipinski definition) is 7. The number of ether oxygens (including phenoxy) is 1. The standard InChI is InChI=1S/C31H30N6O5S/c1-3-42-29(38)19-37(43(40,41)28-6-4-5-22-17-34-14-13-24(22)28)23-11-12-27-25(15-23)26(18-36(27)2)31(39)35-16-20-7-9-21(10-8-20)30(32)33/h4-15,17-18H,3,16,19H2,1-2H3,(H3,32,33)(H,35,39). The Morgan fingerprint density at radius 3 is 2.56 bits per heavy atom. The largest absolute Gasteiger partial charge is 0.465 e. The molecule has 0 fully saturated rings. The van der Waals surface area contributed by atoms with Crippen molar-refractivity contribution in [3.05, 3.63) is 102 Å². The molecule has 2 aromatic heterocycles. The zero-order chi connectivity index (χ0) is 30.7. The Bertz CT molecular complexity index is 1960. The van der Waals surface area contributed by atoms with Gasteiger partial charge in [0, 0.05) is 59.4 Å². The van der Waals surface area contributed by atoms with Crippen molar-refractivity contribution in [2.75, 3.05) is 17.5 Å². The number of nitrogens with zero attached hydrogens (tertiary/aromatic N) is 3. The molecule has 0 radical (unpaired) electrons. The van der Waals surface area contributed by atoms with E-state index in [-0.39, 0.29) is 35.5 Å². The molecule has 2 heterocycles. The summed E-state index contributed by atoms with van der Waals surface area (Å²) in [6, 6.07) is 18.4. The molecule has 3 aromatic carbocycles. The lowest BCUT2D eigenvalue weighted by atomic mass is 10.1. The number of hydrogen-bond donors (Lipinski definition) is 3. The maximum absolute atomic E-state index is 14.2. The van der Waals surface area contributed by atoms with Crippen LogP contribution in [0.25, 0.3) is 21.7 Å². The van der Waals surface area contributed by atoms with Crippen LogP contribution in [-0.4, -0.2) is 48.8 Å². The third-order valence-corrected chi connectivity index (χ3v) is 8.84. The summed E-state index contributed by atoms with van der Waals surface area (Å²) in [5.74, 6) is -1.12. The monoisotopic (exact) mass is 598 g/mol. The average molecular weight is 599 g/mol. The van der Waals surface area contributed by atoms with Crippen molar-refractivity contribution in [2.45, 2.75) is 18.4 Å². The maximum atomic E-state index is 14.2. The number of aryl methyl sites for hydroxylation is 1. The van der Waals surface area contributed by atoms with Crippen LogP contribution in [0.1, 0.15) is 28.4 Å². The van der Waals surface area contributed by atoms with E-state index >= 15 is 0 Å². The highest BCUT2D eigenvalue weighted by atomic mass is 32.2. The highest BCUT2D eigenvalue weighted by Gasteiger charge is 2.30. The minimum Gasteiger partial charge on any atom is -0.465 e. The van der Waals surface area contributed by atoms with E-state index in [1.807, 2.05) is 0 Å². The van der Waals surface area contributed by atoms with E-state index in [2.05, 4.69) is 10.3 Å². The first-order valence-electron chi connectivity index (χ1n) is 13.4. The van der Waals surface area contributed by atoms with Gasteiger partial charge in [0.15, 0.2) is 0 Å². The summed E-state index contributed by atoms with van der Waals surface area (Å²) < 4.78 is 36.2. The summed E-state index contributed by atoms with van der Waals surface area (Å²) in [7, 11) is -2.48. The number of nitrogen functional groups attached to an aromatic ring is 1. The van der Waals surface area contributed by atoms with Crippen molar-refractivity contribution < 1.29 is 22.7 Å². The number of benzene rings is 3. The number of pyridine rings is 1. The second-order valence-electron chi connectivity index (χ2n) is 9.82. The first-order chi connectivity index (χ1) is 20.6. The number of amidine groups is 1. The third kappa shape index (κ3) is 5.90. The second-order valence-corrected chi connectivity index (χ2v) is 11.6. The van der Waals surface area contributed by atoms with Crippen molar-refractivity contribution >= 4 is 55.1 Å². The van der Waals surface area contributed by atoms with Crippen LogP contribution in [0, 0.1) is 5.41 Å². The van der Waals surface area contributed by atoms with Gasteiger partial charge in [-0.15, -0.1) is 0 Å². The van der Waals surface area contributed by atoms with Crippen molar-refractivity contribution in [3.63, 3.8) is 0 Å². The molecule has 0 aliphatic rings. The van der Waals surface area contributed by atoms with Gasteiger partial charge in [-0.1, -0.05) is 36.4 Å². The fourth-order valence-corrected chi connectivity index (χ4v) is 6.49. The molecule has 4 N–H and O–H groups in total. The quantitative estimate of drug-likeness (QED) is 0.125. The van der Waals surface area contributed by atoms with Crippen LogP contribution in [0.4, 0.5) is 5.69 Å². The Balaban J connectivity index is 1.53. The summed E-state index contributed by atoms with van der Waals surface area (Å²) >= 11 is 0. The summed E-state index contributed by atoms with van der Waals surface area (Å²) in [6.45, 7) is 1.40. The van der Waals surface area contributed by atoms with Gasteiger partial charge in [0.1, 0.15) is 12.4 Å². The van der Waals surface area contributed by atoms with Gasteiger partial charge in [-0.25, -0.2) is 8.42 Å². The molecule has 0 aliphatic carbocycles. The van der Waals surface area contributed by atoms with Crippen LogP contribution in [-0.2, 0) is 33.1 Å².